The minimum Gasteiger partial charge on any atom is -0.382 e. The molecule has 3 nitrogen and oxygen atoms in total. The summed E-state index contributed by atoms with van der Waals surface area (Å²) < 4.78 is 2.88. The smallest absolute Gasteiger partial charge is 0.146 e. The van der Waals surface area contributed by atoms with Crippen LogP contribution in [-0.4, -0.2) is 9.78 Å². The van der Waals surface area contributed by atoms with Gasteiger partial charge in [0.05, 0.1) is 5.69 Å². The molecule has 0 fully saturated rings. The molecule has 2 rings (SSSR count). The molecule has 0 atom stereocenters. The number of aryl methyl sites for hydroxylation is 1. The summed E-state index contributed by atoms with van der Waals surface area (Å²) in [5.41, 5.74) is 7.65. The van der Waals surface area contributed by atoms with Gasteiger partial charge in [0.2, 0.25) is 0 Å². The van der Waals surface area contributed by atoms with Gasteiger partial charge in [-0.25, -0.2) is 4.68 Å². The van der Waals surface area contributed by atoms with Gasteiger partial charge >= 0.3 is 0 Å². The zero-order valence-electron chi connectivity index (χ0n) is 7.74. The van der Waals surface area contributed by atoms with E-state index in [1.165, 1.54) is 0 Å². The first-order valence-electron chi connectivity index (χ1n) is 4.25. The maximum Gasteiger partial charge on any atom is 0.146 e. The molecule has 1 aromatic heterocycles. The van der Waals surface area contributed by atoms with Gasteiger partial charge in [0.15, 0.2) is 0 Å². The number of hydrogen-bond donors (Lipinski definition) is 1. The molecule has 0 spiro atoms. The Morgan fingerprint density at radius 1 is 1.29 bits per heavy atom. The Morgan fingerprint density at radius 3 is 2.43 bits per heavy atom. The molecule has 0 amide bonds. The fourth-order valence-electron chi connectivity index (χ4n) is 1.34. The molecule has 1 heterocycles. The predicted molar refractivity (Wildman–Crippen MR) is 60.4 cm³/mol. The van der Waals surface area contributed by atoms with Gasteiger partial charge in [-0.3, -0.25) is 0 Å². The van der Waals surface area contributed by atoms with E-state index < -0.39 is 0 Å². The zero-order chi connectivity index (χ0) is 10.1. The van der Waals surface area contributed by atoms with Crippen LogP contribution in [0.5, 0.6) is 0 Å². The highest BCUT2D eigenvalue weighted by Crippen LogP contribution is 2.16. The molecule has 0 aliphatic carbocycles. The normalized spacial score (nSPS) is 10.4. The summed E-state index contributed by atoms with van der Waals surface area (Å²) >= 11 is 3.39. The second-order valence-electron chi connectivity index (χ2n) is 3.10. The first-order chi connectivity index (χ1) is 6.66. The largest absolute Gasteiger partial charge is 0.382 e. The van der Waals surface area contributed by atoms with Gasteiger partial charge in [-0.1, -0.05) is 15.9 Å². The number of aromatic nitrogens is 2. The van der Waals surface area contributed by atoms with E-state index in [-0.39, 0.29) is 0 Å². The number of rotatable bonds is 1. The highest BCUT2D eigenvalue weighted by Gasteiger charge is 2.02. The number of hydrogen-bond acceptors (Lipinski definition) is 2. The molecule has 2 aromatic rings. The van der Waals surface area contributed by atoms with Crippen molar-refractivity contribution in [3.8, 4) is 5.69 Å². The first kappa shape index (κ1) is 9.27. The van der Waals surface area contributed by atoms with E-state index in [9.17, 15) is 0 Å². The standard InChI is InChI=1S/C10H10BrN3/c1-7-6-10(12)13-14(7)9-4-2-8(11)3-5-9/h2-6H,1H3,(H2,12,13). The number of nitrogens with two attached hydrogens (primary N) is 1. The third kappa shape index (κ3) is 1.65. The third-order valence-corrected chi connectivity index (χ3v) is 2.51. The average molecular weight is 252 g/mol. The molecule has 0 aliphatic rings. The molecular formula is C10H10BrN3. The van der Waals surface area contributed by atoms with E-state index >= 15 is 0 Å². The molecule has 0 saturated carbocycles. The van der Waals surface area contributed by atoms with Crippen LogP contribution in [-0.2, 0) is 0 Å². The number of halogens is 1. The van der Waals surface area contributed by atoms with Gasteiger partial charge in [-0.15, -0.1) is 0 Å². The van der Waals surface area contributed by atoms with Gasteiger partial charge in [0.1, 0.15) is 5.82 Å². The van der Waals surface area contributed by atoms with Gasteiger partial charge in [0.25, 0.3) is 0 Å². The van der Waals surface area contributed by atoms with Crippen LogP contribution >= 0.6 is 15.9 Å². The molecule has 72 valence electrons. The number of nitrogen functional groups attached to an aromatic ring is 1. The fraction of sp³-hybridized carbons (Fsp3) is 0.100. The zero-order valence-corrected chi connectivity index (χ0v) is 9.32. The lowest BCUT2D eigenvalue weighted by molar-refractivity contribution is 0.851. The topological polar surface area (TPSA) is 43.8 Å². The lowest BCUT2D eigenvalue weighted by atomic mass is 10.3. The van der Waals surface area contributed by atoms with E-state index in [0.717, 1.165) is 15.9 Å². The molecule has 0 saturated heterocycles. The number of nitrogens with zero attached hydrogens (tertiary/aromatic N) is 2. The van der Waals surface area contributed by atoms with Crippen molar-refractivity contribution in [2.45, 2.75) is 6.92 Å². The Kier molecular flexibility index (Phi) is 2.29. The molecule has 0 unspecified atom stereocenters. The van der Waals surface area contributed by atoms with Crippen molar-refractivity contribution in [3.63, 3.8) is 0 Å². The van der Waals surface area contributed by atoms with Gasteiger partial charge in [-0.05, 0) is 31.2 Å². The van der Waals surface area contributed by atoms with Crippen molar-refractivity contribution < 1.29 is 0 Å². The number of anilines is 1. The van der Waals surface area contributed by atoms with Crippen molar-refractivity contribution in [1.29, 1.82) is 0 Å². The Labute approximate surface area is 90.7 Å². The lowest BCUT2D eigenvalue weighted by Gasteiger charge is -2.03. The molecule has 4 heteroatoms. The Bertz CT molecular complexity index is 445. The summed E-state index contributed by atoms with van der Waals surface area (Å²) in [4.78, 5) is 0. The molecule has 14 heavy (non-hydrogen) atoms. The molecule has 0 aliphatic heterocycles. The monoisotopic (exact) mass is 251 g/mol. The second kappa shape index (κ2) is 3.46. The van der Waals surface area contributed by atoms with Crippen molar-refractivity contribution >= 4 is 21.7 Å². The fourth-order valence-corrected chi connectivity index (χ4v) is 1.61. The van der Waals surface area contributed by atoms with E-state index in [0.29, 0.717) is 5.82 Å². The predicted octanol–water partition coefficient (Wildman–Crippen LogP) is 2.53. The van der Waals surface area contributed by atoms with Gasteiger partial charge in [-0.2, -0.15) is 5.10 Å². The highest BCUT2D eigenvalue weighted by atomic mass is 79.9. The van der Waals surface area contributed by atoms with E-state index in [1.807, 2.05) is 41.9 Å². The van der Waals surface area contributed by atoms with Crippen molar-refractivity contribution in [3.05, 3.63) is 40.5 Å². The molecule has 2 N–H and O–H groups in total. The van der Waals surface area contributed by atoms with Crippen LogP contribution < -0.4 is 5.73 Å². The van der Waals surface area contributed by atoms with Crippen LogP contribution in [0.25, 0.3) is 5.69 Å². The SMILES string of the molecule is Cc1cc(N)nn1-c1ccc(Br)cc1. The van der Waals surface area contributed by atoms with Crippen molar-refractivity contribution in [2.24, 2.45) is 0 Å². The van der Waals surface area contributed by atoms with E-state index in [1.54, 1.807) is 0 Å². The summed E-state index contributed by atoms with van der Waals surface area (Å²) in [6, 6.07) is 9.79. The second-order valence-corrected chi connectivity index (χ2v) is 4.01. The van der Waals surface area contributed by atoms with Crippen LogP contribution in [0.15, 0.2) is 34.8 Å². The minimum absolute atomic E-state index is 0.547. The van der Waals surface area contributed by atoms with Crippen molar-refractivity contribution in [2.75, 3.05) is 5.73 Å². The number of benzene rings is 1. The molecule has 0 bridgehead atoms. The quantitative estimate of drug-likeness (QED) is 0.847. The van der Waals surface area contributed by atoms with Crippen LogP contribution in [0.4, 0.5) is 5.82 Å². The lowest BCUT2D eigenvalue weighted by Crippen LogP contribution is -1.98. The summed E-state index contributed by atoms with van der Waals surface area (Å²) in [6.07, 6.45) is 0. The van der Waals surface area contributed by atoms with Gasteiger partial charge in [0, 0.05) is 16.2 Å². The average Bonchev–Trinajstić information content (AvgIpc) is 2.47. The Morgan fingerprint density at radius 2 is 1.93 bits per heavy atom. The van der Waals surface area contributed by atoms with E-state index in [4.69, 9.17) is 5.73 Å². The Hall–Kier alpha value is -1.29. The van der Waals surface area contributed by atoms with Crippen LogP contribution in [0, 0.1) is 6.92 Å². The first-order valence-corrected chi connectivity index (χ1v) is 5.04. The van der Waals surface area contributed by atoms with Gasteiger partial charge < -0.3 is 5.73 Å². The van der Waals surface area contributed by atoms with Crippen LogP contribution in [0.1, 0.15) is 5.69 Å². The van der Waals surface area contributed by atoms with Crippen molar-refractivity contribution in [1.82, 2.24) is 9.78 Å². The maximum absolute atomic E-state index is 5.61. The summed E-state index contributed by atoms with van der Waals surface area (Å²) in [6.45, 7) is 1.98. The summed E-state index contributed by atoms with van der Waals surface area (Å²) in [7, 11) is 0. The van der Waals surface area contributed by atoms with Crippen LogP contribution in [0.3, 0.4) is 0 Å². The molecular weight excluding hydrogens is 242 g/mol. The minimum atomic E-state index is 0.547. The highest BCUT2D eigenvalue weighted by molar-refractivity contribution is 9.10. The summed E-state index contributed by atoms with van der Waals surface area (Å²) in [5.74, 6) is 0.547. The van der Waals surface area contributed by atoms with E-state index in [2.05, 4.69) is 21.0 Å². The molecule has 1 aromatic carbocycles. The van der Waals surface area contributed by atoms with Crippen LogP contribution in [0.2, 0.25) is 0 Å². The maximum atomic E-state index is 5.61. The third-order valence-electron chi connectivity index (χ3n) is 1.98. The molecule has 0 radical (unpaired) electrons. The Balaban J connectivity index is 2.49. The summed E-state index contributed by atoms with van der Waals surface area (Å²) in [5, 5.41) is 4.19.